The lowest BCUT2D eigenvalue weighted by Gasteiger charge is -2.08. The molecule has 1 heterocycles. The average molecular weight is 240 g/mol. The van der Waals surface area contributed by atoms with E-state index >= 15 is 0 Å². The minimum atomic E-state index is 0.730. The molecule has 0 aliphatic rings. The summed E-state index contributed by atoms with van der Waals surface area (Å²) in [5.41, 5.74) is 3.82. The van der Waals surface area contributed by atoms with Crippen LogP contribution in [0.5, 0.6) is 5.75 Å². The van der Waals surface area contributed by atoms with Crippen molar-refractivity contribution in [2.75, 3.05) is 7.11 Å². The lowest BCUT2D eigenvalue weighted by atomic mass is 10.1. The SMILES string of the molecule is C/C=C(\C)n1c(C)c(C#N)c2ccc(OC)cc21. The van der Waals surface area contributed by atoms with Gasteiger partial charge in [-0.2, -0.15) is 5.26 Å². The molecule has 0 aliphatic heterocycles. The Morgan fingerprint density at radius 3 is 2.72 bits per heavy atom. The second kappa shape index (κ2) is 4.58. The summed E-state index contributed by atoms with van der Waals surface area (Å²) in [5.74, 6) is 0.801. The van der Waals surface area contributed by atoms with Crippen molar-refractivity contribution in [3.8, 4) is 11.8 Å². The smallest absolute Gasteiger partial charge is 0.120 e. The van der Waals surface area contributed by atoms with Gasteiger partial charge in [0, 0.05) is 22.8 Å². The maximum Gasteiger partial charge on any atom is 0.120 e. The minimum Gasteiger partial charge on any atom is -0.497 e. The first-order valence-corrected chi connectivity index (χ1v) is 5.86. The third-order valence-electron chi connectivity index (χ3n) is 3.29. The highest BCUT2D eigenvalue weighted by Gasteiger charge is 2.15. The van der Waals surface area contributed by atoms with Gasteiger partial charge in [0.2, 0.25) is 0 Å². The molecule has 3 heteroatoms. The van der Waals surface area contributed by atoms with Crippen molar-refractivity contribution in [3.63, 3.8) is 0 Å². The summed E-state index contributed by atoms with van der Waals surface area (Å²) < 4.78 is 7.35. The molecule has 0 aliphatic carbocycles. The highest BCUT2D eigenvalue weighted by Crippen LogP contribution is 2.30. The number of benzene rings is 1. The fourth-order valence-corrected chi connectivity index (χ4v) is 2.25. The van der Waals surface area contributed by atoms with E-state index in [1.165, 1.54) is 0 Å². The molecule has 0 spiro atoms. The predicted octanol–water partition coefficient (Wildman–Crippen LogP) is 3.71. The van der Waals surface area contributed by atoms with Crippen molar-refractivity contribution in [2.24, 2.45) is 0 Å². The Morgan fingerprint density at radius 2 is 2.17 bits per heavy atom. The quantitative estimate of drug-likeness (QED) is 0.802. The van der Waals surface area contributed by atoms with Gasteiger partial charge in [0.25, 0.3) is 0 Å². The van der Waals surface area contributed by atoms with E-state index < -0.39 is 0 Å². The molecular formula is C15H16N2O. The van der Waals surface area contributed by atoms with Gasteiger partial charge in [-0.3, -0.25) is 0 Å². The van der Waals surface area contributed by atoms with Crippen LogP contribution in [0.2, 0.25) is 0 Å². The van der Waals surface area contributed by atoms with Gasteiger partial charge in [-0.25, -0.2) is 0 Å². The molecule has 0 amide bonds. The molecule has 18 heavy (non-hydrogen) atoms. The van der Waals surface area contributed by atoms with Crippen LogP contribution in [0.25, 0.3) is 16.6 Å². The van der Waals surface area contributed by atoms with Gasteiger partial charge in [0.05, 0.1) is 18.2 Å². The van der Waals surface area contributed by atoms with Crippen molar-refractivity contribution in [2.45, 2.75) is 20.8 Å². The van der Waals surface area contributed by atoms with E-state index in [0.29, 0.717) is 0 Å². The van der Waals surface area contributed by atoms with Crippen LogP contribution in [-0.4, -0.2) is 11.7 Å². The first-order valence-electron chi connectivity index (χ1n) is 5.86. The molecule has 0 saturated heterocycles. The second-order valence-electron chi connectivity index (χ2n) is 4.22. The Hall–Kier alpha value is -2.21. The number of hydrogen-bond donors (Lipinski definition) is 0. The summed E-state index contributed by atoms with van der Waals surface area (Å²) in [6, 6.07) is 8.09. The van der Waals surface area contributed by atoms with Crippen LogP contribution in [0, 0.1) is 18.3 Å². The number of rotatable bonds is 2. The third kappa shape index (κ3) is 1.67. The van der Waals surface area contributed by atoms with E-state index in [1.54, 1.807) is 7.11 Å². The Balaban J connectivity index is 2.91. The van der Waals surface area contributed by atoms with Gasteiger partial charge < -0.3 is 9.30 Å². The second-order valence-corrected chi connectivity index (χ2v) is 4.22. The van der Waals surface area contributed by atoms with Crippen molar-refractivity contribution in [3.05, 3.63) is 35.5 Å². The summed E-state index contributed by atoms with van der Waals surface area (Å²) in [4.78, 5) is 0. The van der Waals surface area contributed by atoms with E-state index in [1.807, 2.05) is 45.0 Å². The van der Waals surface area contributed by atoms with E-state index in [4.69, 9.17) is 4.74 Å². The summed E-state index contributed by atoms with van der Waals surface area (Å²) in [6.07, 6.45) is 2.03. The monoisotopic (exact) mass is 240 g/mol. The molecule has 0 radical (unpaired) electrons. The number of nitrogens with zero attached hydrogens (tertiary/aromatic N) is 2. The molecule has 3 nitrogen and oxygen atoms in total. The van der Waals surface area contributed by atoms with Gasteiger partial charge >= 0.3 is 0 Å². The van der Waals surface area contributed by atoms with E-state index in [-0.39, 0.29) is 0 Å². The Morgan fingerprint density at radius 1 is 1.44 bits per heavy atom. The predicted molar refractivity (Wildman–Crippen MR) is 73.6 cm³/mol. The van der Waals surface area contributed by atoms with Gasteiger partial charge in [-0.1, -0.05) is 6.08 Å². The zero-order chi connectivity index (χ0) is 13.3. The van der Waals surface area contributed by atoms with E-state index in [2.05, 4.69) is 10.6 Å². The lowest BCUT2D eigenvalue weighted by Crippen LogP contribution is -1.96. The molecular weight excluding hydrogens is 224 g/mol. The van der Waals surface area contributed by atoms with Crippen LogP contribution in [-0.2, 0) is 0 Å². The summed E-state index contributed by atoms with van der Waals surface area (Å²) in [7, 11) is 1.65. The molecule has 1 aromatic carbocycles. The molecule has 0 atom stereocenters. The Bertz CT molecular complexity index is 672. The standard InChI is InChI=1S/C15H16N2O/c1-5-10(2)17-11(3)14(9-16)13-7-6-12(18-4)8-15(13)17/h5-8H,1-4H3/b10-5+. The summed E-state index contributed by atoms with van der Waals surface area (Å²) in [5, 5.41) is 10.3. The molecule has 0 N–H and O–H groups in total. The summed E-state index contributed by atoms with van der Waals surface area (Å²) in [6.45, 7) is 6.00. The first kappa shape index (κ1) is 12.3. The maximum absolute atomic E-state index is 9.30. The van der Waals surface area contributed by atoms with Gasteiger partial charge in [-0.15, -0.1) is 0 Å². The highest BCUT2D eigenvalue weighted by molar-refractivity contribution is 5.91. The summed E-state index contributed by atoms with van der Waals surface area (Å²) >= 11 is 0. The Kier molecular flexibility index (Phi) is 3.12. The van der Waals surface area contributed by atoms with Crippen LogP contribution in [0.15, 0.2) is 24.3 Å². The Labute approximate surface area is 107 Å². The van der Waals surface area contributed by atoms with Crippen molar-refractivity contribution in [1.82, 2.24) is 4.57 Å². The molecule has 0 saturated carbocycles. The molecule has 2 rings (SSSR count). The van der Waals surface area contributed by atoms with Gasteiger partial charge in [-0.05, 0) is 32.9 Å². The van der Waals surface area contributed by atoms with Crippen molar-refractivity contribution < 1.29 is 4.74 Å². The number of fused-ring (bicyclic) bond motifs is 1. The van der Waals surface area contributed by atoms with Crippen molar-refractivity contribution in [1.29, 1.82) is 5.26 Å². The van der Waals surface area contributed by atoms with Crippen LogP contribution in [0.4, 0.5) is 0 Å². The van der Waals surface area contributed by atoms with Crippen LogP contribution in [0.1, 0.15) is 25.1 Å². The normalized spacial score (nSPS) is 11.6. The van der Waals surface area contributed by atoms with Crippen LogP contribution < -0.4 is 4.74 Å². The number of allylic oxidation sites excluding steroid dienone is 2. The zero-order valence-electron chi connectivity index (χ0n) is 11.1. The topological polar surface area (TPSA) is 38.0 Å². The van der Waals surface area contributed by atoms with Gasteiger partial charge in [0.15, 0.2) is 0 Å². The molecule has 0 bridgehead atoms. The molecule has 0 unspecified atom stereocenters. The maximum atomic E-state index is 9.30. The number of nitriles is 1. The lowest BCUT2D eigenvalue weighted by molar-refractivity contribution is 0.415. The molecule has 1 aromatic heterocycles. The minimum absolute atomic E-state index is 0.730. The van der Waals surface area contributed by atoms with E-state index in [9.17, 15) is 5.26 Å². The number of aromatic nitrogens is 1. The van der Waals surface area contributed by atoms with E-state index in [0.717, 1.165) is 33.6 Å². The molecule has 0 fully saturated rings. The number of methoxy groups -OCH3 is 1. The zero-order valence-corrected chi connectivity index (χ0v) is 11.1. The highest BCUT2D eigenvalue weighted by atomic mass is 16.5. The van der Waals surface area contributed by atoms with Gasteiger partial charge in [0.1, 0.15) is 11.8 Å². The fourth-order valence-electron chi connectivity index (χ4n) is 2.25. The average Bonchev–Trinajstić information content (AvgIpc) is 2.68. The molecule has 92 valence electrons. The molecule has 2 aromatic rings. The van der Waals surface area contributed by atoms with Crippen molar-refractivity contribution >= 4 is 16.6 Å². The fraction of sp³-hybridized carbons (Fsp3) is 0.267. The number of hydrogen-bond acceptors (Lipinski definition) is 2. The van der Waals surface area contributed by atoms with Crippen LogP contribution >= 0.6 is 0 Å². The number of ether oxygens (including phenoxy) is 1. The third-order valence-corrected chi connectivity index (χ3v) is 3.29. The first-order chi connectivity index (χ1) is 8.63. The largest absolute Gasteiger partial charge is 0.497 e. The van der Waals surface area contributed by atoms with Crippen LogP contribution in [0.3, 0.4) is 0 Å².